The van der Waals surface area contributed by atoms with E-state index in [1.807, 2.05) is 19.9 Å². The fourth-order valence-electron chi connectivity index (χ4n) is 1.55. The van der Waals surface area contributed by atoms with Crippen molar-refractivity contribution < 1.29 is 0 Å². The predicted molar refractivity (Wildman–Crippen MR) is 69.5 cm³/mol. The molecule has 0 N–H and O–H groups in total. The lowest BCUT2D eigenvalue weighted by atomic mass is 10.1. The normalized spacial score (nSPS) is 9.69. The van der Waals surface area contributed by atoms with Crippen LogP contribution in [0.2, 0.25) is 0 Å². The maximum atomic E-state index is 4.29. The van der Waals surface area contributed by atoms with Gasteiger partial charge in [-0.2, -0.15) is 0 Å². The van der Waals surface area contributed by atoms with Crippen LogP contribution in [0.1, 0.15) is 39.2 Å². The molecule has 2 rings (SSSR count). The minimum Gasteiger partial charge on any atom is -0.253 e. The highest BCUT2D eigenvalue weighted by molar-refractivity contribution is 5.74. The van der Waals surface area contributed by atoms with E-state index in [0.29, 0.717) is 0 Å². The van der Waals surface area contributed by atoms with E-state index in [2.05, 4.69) is 29.0 Å². The molecule has 0 aliphatic rings. The third-order valence-corrected chi connectivity index (χ3v) is 2.35. The van der Waals surface area contributed by atoms with Gasteiger partial charge in [0.05, 0.1) is 11.0 Å². The number of unbranched alkanes of at least 4 members (excludes halogenated alkanes) is 1. The second-order valence-corrected chi connectivity index (χ2v) is 3.48. The summed E-state index contributed by atoms with van der Waals surface area (Å²) in [7, 11) is 0. The van der Waals surface area contributed by atoms with E-state index in [0.717, 1.165) is 17.5 Å². The Bertz CT molecular complexity index is 424. The summed E-state index contributed by atoms with van der Waals surface area (Å²) >= 11 is 0. The van der Waals surface area contributed by atoms with Crippen LogP contribution in [-0.2, 0) is 6.42 Å². The molecule has 2 aromatic rings. The van der Waals surface area contributed by atoms with Crippen LogP contribution in [0.4, 0.5) is 0 Å². The van der Waals surface area contributed by atoms with E-state index < -0.39 is 0 Å². The average Bonchev–Trinajstić information content (AvgIpc) is 2.38. The lowest BCUT2D eigenvalue weighted by molar-refractivity contribution is 0.795. The van der Waals surface area contributed by atoms with E-state index >= 15 is 0 Å². The summed E-state index contributed by atoms with van der Waals surface area (Å²) in [4.78, 5) is 8.53. The highest BCUT2D eigenvalue weighted by atomic mass is 14.8. The van der Waals surface area contributed by atoms with Gasteiger partial charge in [0.25, 0.3) is 0 Å². The van der Waals surface area contributed by atoms with Gasteiger partial charge < -0.3 is 0 Å². The largest absolute Gasteiger partial charge is 0.253 e. The number of hydrogen-bond acceptors (Lipinski definition) is 2. The number of rotatable bonds is 3. The van der Waals surface area contributed by atoms with E-state index in [4.69, 9.17) is 0 Å². The molecule has 1 aromatic carbocycles. The Morgan fingerprint density at radius 3 is 2.38 bits per heavy atom. The van der Waals surface area contributed by atoms with Crippen LogP contribution in [0.3, 0.4) is 0 Å². The first kappa shape index (κ1) is 12.6. The SMILES string of the molecule is CC.CCCCc1ccc2nccnc2c1. The zero-order valence-electron chi connectivity index (χ0n) is 10.4. The molecule has 0 spiro atoms. The second kappa shape index (κ2) is 6.94. The van der Waals surface area contributed by atoms with E-state index in [1.165, 1.54) is 18.4 Å². The van der Waals surface area contributed by atoms with Gasteiger partial charge in [-0.25, -0.2) is 0 Å². The molecule has 0 saturated carbocycles. The molecule has 0 bridgehead atoms. The van der Waals surface area contributed by atoms with Crippen molar-refractivity contribution >= 4 is 11.0 Å². The van der Waals surface area contributed by atoms with Crippen molar-refractivity contribution in [1.29, 1.82) is 0 Å². The lowest BCUT2D eigenvalue weighted by Gasteiger charge is -2.01. The summed E-state index contributed by atoms with van der Waals surface area (Å²) in [6.07, 6.45) is 7.09. The van der Waals surface area contributed by atoms with Crippen molar-refractivity contribution in [2.75, 3.05) is 0 Å². The number of aryl methyl sites for hydroxylation is 1. The lowest BCUT2D eigenvalue weighted by Crippen LogP contribution is -1.87. The summed E-state index contributed by atoms with van der Waals surface area (Å²) < 4.78 is 0. The Morgan fingerprint density at radius 2 is 1.69 bits per heavy atom. The Hall–Kier alpha value is -1.44. The van der Waals surface area contributed by atoms with Crippen LogP contribution in [0.5, 0.6) is 0 Å². The van der Waals surface area contributed by atoms with Crippen LogP contribution in [0.15, 0.2) is 30.6 Å². The van der Waals surface area contributed by atoms with E-state index in [9.17, 15) is 0 Å². The van der Waals surface area contributed by atoms with Gasteiger partial charge in [0.2, 0.25) is 0 Å². The maximum Gasteiger partial charge on any atom is 0.0889 e. The molecule has 0 saturated heterocycles. The Morgan fingerprint density at radius 1 is 1.00 bits per heavy atom. The van der Waals surface area contributed by atoms with Crippen molar-refractivity contribution in [3.05, 3.63) is 36.2 Å². The number of nitrogens with zero attached hydrogens (tertiary/aromatic N) is 2. The molecule has 86 valence electrons. The molecule has 0 aliphatic heterocycles. The summed E-state index contributed by atoms with van der Waals surface area (Å²) in [6, 6.07) is 6.33. The van der Waals surface area contributed by atoms with Crippen LogP contribution in [0, 0.1) is 0 Å². The molecule has 0 fully saturated rings. The molecule has 0 radical (unpaired) electrons. The zero-order valence-corrected chi connectivity index (χ0v) is 10.4. The first-order valence-corrected chi connectivity index (χ1v) is 6.10. The van der Waals surface area contributed by atoms with Gasteiger partial charge in [-0.15, -0.1) is 0 Å². The third kappa shape index (κ3) is 3.30. The highest BCUT2D eigenvalue weighted by Gasteiger charge is 1.97. The molecule has 0 amide bonds. The Labute approximate surface area is 97.7 Å². The van der Waals surface area contributed by atoms with E-state index in [-0.39, 0.29) is 0 Å². The predicted octanol–water partition coefficient (Wildman–Crippen LogP) is 4.00. The first-order chi connectivity index (χ1) is 7.90. The van der Waals surface area contributed by atoms with Gasteiger partial charge in [-0.3, -0.25) is 9.97 Å². The summed E-state index contributed by atoms with van der Waals surface area (Å²) in [5, 5.41) is 0. The molecule has 1 aromatic heterocycles. The van der Waals surface area contributed by atoms with Gasteiger partial charge in [-0.1, -0.05) is 33.3 Å². The average molecular weight is 216 g/mol. The molecule has 0 unspecified atom stereocenters. The quantitative estimate of drug-likeness (QED) is 0.775. The fourth-order valence-corrected chi connectivity index (χ4v) is 1.55. The van der Waals surface area contributed by atoms with Crippen molar-refractivity contribution in [2.24, 2.45) is 0 Å². The Balaban J connectivity index is 0.000000606. The van der Waals surface area contributed by atoms with Crippen molar-refractivity contribution in [3.8, 4) is 0 Å². The van der Waals surface area contributed by atoms with Crippen LogP contribution >= 0.6 is 0 Å². The molecule has 1 heterocycles. The van der Waals surface area contributed by atoms with Crippen molar-refractivity contribution in [2.45, 2.75) is 40.0 Å². The van der Waals surface area contributed by atoms with Crippen LogP contribution in [0.25, 0.3) is 11.0 Å². The van der Waals surface area contributed by atoms with Gasteiger partial charge in [0, 0.05) is 12.4 Å². The van der Waals surface area contributed by atoms with Crippen molar-refractivity contribution in [3.63, 3.8) is 0 Å². The van der Waals surface area contributed by atoms with Crippen LogP contribution in [-0.4, -0.2) is 9.97 Å². The second-order valence-electron chi connectivity index (χ2n) is 3.48. The molecule has 0 atom stereocenters. The van der Waals surface area contributed by atoms with Gasteiger partial charge in [0.15, 0.2) is 0 Å². The minimum absolute atomic E-state index is 0.979. The topological polar surface area (TPSA) is 25.8 Å². The molecular weight excluding hydrogens is 196 g/mol. The van der Waals surface area contributed by atoms with E-state index in [1.54, 1.807) is 12.4 Å². The van der Waals surface area contributed by atoms with Gasteiger partial charge in [-0.05, 0) is 30.5 Å². The number of benzene rings is 1. The number of aromatic nitrogens is 2. The Kier molecular flexibility index (Phi) is 5.48. The third-order valence-electron chi connectivity index (χ3n) is 2.35. The summed E-state index contributed by atoms with van der Waals surface area (Å²) in [5.41, 5.74) is 3.34. The summed E-state index contributed by atoms with van der Waals surface area (Å²) in [5.74, 6) is 0. The molecule has 16 heavy (non-hydrogen) atoms. The van der Waals surface area contributed by atoms with Gasteiger partial charge in [0.1, 0.15) is 0 Å². The minimum atomic E-state index is 0.979. The van der Waals surface area contributed by atoms with Crippen LogP contribution < -0.4 is 0 Å². The first-order valence-electron chi connectivity index (χ1n) is 6.10. The highest BCUT2D eigenvalue weighted by Crippen LogP contribution is 2.12. The number of fused-ring (bicyclic) bond motifs is 1. The monoisotopic (exact) mass is 216 g/mol. The maximum absolute atomic E-state index is 4.29. The molecule has 2 heteroatoms. The molecule has 2 nitrogen and oxygen atoms in total. The van der Waals surface area contributed by atoms with Gasteiger partial charge >= 0.3 is 0 Å². The standard InChI is InChI=1S/C12H14N2.C2H6/c1-2-3-4-10-5-6-11-12(9-10)14-8-7-13-11;1-2/h5-9H,2-4H2,1H3;1-2H3. The smallest absolute Gasteiger partial charge is 0.0889 e. The molecule has 0 aliphatic carbocycles. The molecular formula is C14H20N2. The summed E-state index contributed by atoms with van der Waals surface area (Å²) in [6.45, 7) is 6.21. The fraction of sp³-hybridized carbons (Fsp3) is 0.429. The zero-order chi connectivity index (χ0) is 11.8. The number of hydrogen-bond donors (Lipinski definition) is 0. The van der Waals surface area contributed by atoms with Crippen molar-refractivity contribution in [1.82, 2.24) is 9.97 Å².